The van der Waals surface area contributed by atoms with E-state index in [-0.39, 0.29) is 18.0 Å². The molecule has 2 N–H and O–H groups in total. The molecule has 0 saturated heterocycles. The Morgan fingerprint density at radius 1 is 1.23 bits per heavy atom. The third kappa shape index (κ3) is 2.79. The molecule has 0 unspecified atom stereocenters. The summed E-state index contributed by atoms with van der Waals surface area (Å²) in [6, 6.07) is 5.55. The average molecular weight is 356 g/mol. The fraction of sp³-hybridized carbons (Fsp3) is 0.278. The fourth-order valence-corrected chi connectivity index (χ4v) is 2.80. The van der Waals surface area contributed by atoms with E-state index in [0.717, 1.165) is 16.8 Å². The van der Waals surface area contributed by atoms with Crippen LogP contribution < -0.4 is 15.2 Å². The van der Waals surface area contributed by atoms with Crippen LogP contribution in [-0.4, -0.2) is 41.4 Å². The third-order valence-electron chi connectivity index (χ3n) is 4.02. The topological polar surface area (TPSA) is 101 Å². The van der Waals surface area contributed by atoms with E-state index in [1.165, 1.54) is 10.7 Å². The first-order valence-electron chi connectivity index (χ1n) is 8.05. The number of nitrogen functional groups attached to an aromatic ring is 1. The van der Waals surface area contributed by atoms with E-state index in [0.29, 0.717) is 17.1 Å². The van der Waals surface area contributed by atoms with Crippen molar-refractivity contribution in [2.24, 2.45) is 0 Å². The summed E-state index contributed by atoms with van der Waals surface area (Å²) >= 11 is 0. The average Bonchev–Trinajstić information content (AvgIpc) is 2.98. The predicted molar refractivity (Wildman–Crippen MR) is 96.6 cm³/mol. The van der Waals surface area contributed by atoms with Crippen molar-refractivity contribution in [3.05, 3.63) is 35.7 Å². The molecule has 1 aromatic carbocycles. The number of nitrogens with zero attached hydrogens (tertiary/aromatic N) is 3. The molecule has 3 aromatic rings. The Morgan fingerprint density at radius 3 is 2.62 bits per heavy atom. The second-order valence-electron chi connectivity index (χ2n) is 5.54. The van der Waals surface area contributed by atoms with Crippen molar-refractivity contribution in [3.8, 4) is 22.6 Å². The molecule has 0 fully saturated rings. The largest absolute Gasteiger partial charge is 0.493 e. The van der Waals surface area contributed by atoms with Crippen molar-refractivity contribution in [1.29, 1.82) is 0 Å². The zero-order valence-corrected chi connectivity index (χ0v) is 15.1. The maximum absolute atomic E-state index is 12.0. The second kappa shape index (κ2) is 6.91. The third-order valence-corrected chi connectivity index (χ3v) is 4.02. The number of aryl methyl sites for hydroxylation is 1. The van der Waals surface area contributed by atoms with E-state index in [2.05, 4.69) is 10.1 Å². The molecule has 2 heterocycles. The molecule has 8 heteroatoms. The number of carbonyl (C=O) groups excluding carboxylic acids is 1. The monoisotopic (exact) mass is 356 g/mol. The van der Waals surface area contributed by atoms with E-state index in [9.17, 15) is 4.79 Å². The van der Waals surface area contributed by atoms with Crippen LogP contribution in [0.5, 0.6) is 11.5 Å². The summed E-state index contributed by atoms with van der Waals surface area (Å²) in [5.74, 6) is 0.880. The lowest BCUT2D eigenvalue weighted by Crippen LogP contribution is -2.12. The molecule has 0 radical (unpaired) electrons. The normalized spacial score (nSPS) is 10.8. The predicted octanol–water partition coefficient (Wildman–Crippen LogP) is 2.48. The summed E-state index contributed by atoms with van der Waals surface area (Å²) in [6.45, 7) is 3.84. The number of rotatable bonds is 5. The summed E-state index contributed by atoms with van der Waals surface area (Å²) in [4.78, 5) is 16.4. The molecular formula is C18H20N4O4. The van der Waals surface area contributed by atoms with Crippen LogP contribution in [-0.2, 0) is 4.74 Å². The molecule has 2 aromatic heterocycles. The quantitative estimate of drug-likeness (QED) is 0.701. The summed E-state index contributed by atoms with van der Waals surface area (Å²) in [5, 5.41) is 4.44. The van der Waals surface area contributed by atoms with Crippen molar-refractivity contribution in [2.45, 2.75) is 13.8 Å². The SMILES string of the molecule is CCOC(=O)c1cnc2c(-c3ccc(OC)c(OC)c3)c(C)nn2c1N. The first-order chi connectivity index (χ1) is 12.5. The van der Waals surface area contributed by atoms with E-state index >= 15 is 0 Å². The van der Waals surface area contributed by atoms with Crippen LogP contribution in [0.15, 0.2) is 24.4 Å². The van der Waals surface area contributed by atoms with Gasteiger partial charge in [0, 0.05) is 11.8 Å². The number of anilines is 1. The van der Waals surface area contributed by atoms with Crippen molar-refractivity contribution in [1.82, 2.24) is 14.6 Å². The van der Waals surface area contributed by atoms with Crippen LogP contribution in [0.3, 0.4) is 0 Å². The molecule has 8 nitrogen and oxygen atoms in total. The number of fused-ring (bicyclic) bond motifs is 1. The Bertz CT molecular complexity index is 981. The van der Waals surface area contributed by atoms with Gasteiger partial charge in [0.15, 0.2) is 17.1 Å². The number of hydrogen-bond acceptors (Lipinski definition) is 7. The molecule has 0 spiro atoms. The Labute approximate surface area is 150 Å². The molecule has 0 atom stereocenters. The molecule has 0 aliphatic carbocycles. The van der Waals surface area contributed by atoms with Crippen LogP contribution in [0.2, 0.25) is 0 Å². The highest BCUT2D eigenvalue weighted by molar-refractivity contribution is 5.95. The molecule has 0 amide bonds. The van der Waals surface area contributed by atoms with Gasteiger partial charge in [-0.2, -0.15) is 9.61 Å². The van der Waals surface area contributed by atoms with Gasteiger partial charge in [0.1, 0.15) is 11.4 Å². The van der Waals surface area contributed by atoms with Gasteiger partial charge in [-0.1, -0.05) is 6.07 Å². The Morgan fingerprint density at radius 2 is 1.96 bits per heavy atom. The minimum absolute atomic E-state index is 0.181. The number of carbonyl (C=O) groups is 1. The maximum Gasteiger partial charge on any atom is 0.343 e. The number of benzene rings is 1. The van der Waals surface area contributed by atoms with E-state index < -0.39 is 5.97 Å². The number of nitrogens with two attached hydrogens (primary N) is 1. The van der Waals surface area contributed by atoms with Gasteiger partial charge in [0.05, 0.1) is 26.5 Å². The Balaban J connectivity index is 2.18. The number of hydrogen-bond donors (Lipinski definition) is 1. The van der Waals surface area contributed by atoms with Crippen LogP contribution in [0.1, 0.15) is 23.0 Å². The lowest BCUT2D eigenvalue weighted by atomic mass is 10.1. The van der Waals surface area contributed by atoms with E-state index in [1.807, 2.05) is 25.1 Å². The van der Waals surface area contributed by atoms with E-state index in [1.54, 1.807) is 21.1 Å². The standard InChI is InChI=1S/C18H20N4O4/c1-5-26-18(23)12-9-20-17-15(10(2)21-22(17)16(12)19)11-6-7-13(24-3)14(8-11)25-4/h6-9H,5,19H2,1-4H3. The lowest BCUT2D eigenvalue weighted by molar-refractivity contribution is 0.0526. The molecule has 0 aliphatic heterocycles. The summed E-state index contributed by atoms with van der Waals surface area (Å²) in [6.07, 6.45) is 1.41. The van der Waals surface area contributed by atoms with Gasteiger partial charge in [-0.25, -0.2) is 9.78 Å². The van der Waals surface area contributed by atoms with Gasteiger partial charge in [-0.15, -0.1) is 0 Å². The van der Waals surface area contributed by atoms with Gasteiger partial charge in [-0.3, -0.25) is 0 Å². The Kier molecular flexibility index (Phi) is 4.66. The zero-order valence-electron chi connectivity index (χ0n) is 15.1. The first-order valence-corrected chi connectivity index (χ1v) is 8.05. The second-order valence-corrected chi connectivity index (χ2v) is 5.54. The first kappa shape index (κ1) is 17.5. The minimum atomic E-state index is -0.528. The summed E-state index contributed by atoms with van der Waals surface area (Å²) in [7, 11) is 3.16. The molecular weight excluding hydrogens is 336 g/mol. The number of esters is 1. The molecule has 136 valence electrons. The fourth-order valence-electron chi connectivity index (χ4n) is 2.80. The highest BCUT2D eigenvalue weighted by Crippen LogP contribution is 2.35. The van der Waals surface area contributed by atoms with Crippen LogP contribution >= 0.6 is 0 Å². The minimum Gasteiger partial charge on any atom is -0.493 e. The summed E-state index contributed by atoms with van der Waals surface area (Å²) < 4.78 is 17.1. The molecule has 0 saturated carbocycles. The molecule has 3 rings (SSSR count). The Hall–Kier alpha value is -3.29. The van der Waals surface area contributed by atoms with Crippen molar-refractivity contribution < 1.29 is 19.0 Å². The van der Waals surface area contributed by atoms with Gasteiger partial charge in [-0.05, 0) is 31.5 Å². The van der Waals surface area contributed by atoms with Crippen LogP contribution in [0, 0.1) is 6.92 Å². The highest BCUT2D eigenvalue weighted by Gasteiger charge is 2.20. The molecule has 26 heavy (non-hydrogen) atoms. The van der Waals surface area contributed by atoms with Crippen LogP contribution in [0.25, 0.3) is 16.8 Å². The van der Waals surface area contributed by atoms with Gasteiger partial charge >= 0.3 is 5.97 Å². The zero-order chi connectivity index (χ0) is 18.8. The van der Waals surface area contributed by atoms with Crippen molar-refractivity contribution >= 4 is 17.4 Å². The lowest BCUT2D eigenvalue weighted by Gasteiger charge is -2.10. The van der Waals surface area contributed by atoms with E-state index in [4.69, 9.17) is 19.9 Å². The smallest absolute Gasteiger partial charge is 0.343 e. The van der Waals surface area contributed by atoms with Crippen molar-refractivity contribution in [3.63, 3.8) is 0 Å². The van der Waals surface area contributed by atoms with Crippen molar-refractivity contribution in [2.75, 3.05) is 26.6 Å². The number of methoxy groups -OCH3 is 2. The molecule has 0 aliphatic rings. The number of aromatic nitrogens is 3. The highest BCUT2D eigenvalue weighted by atomic mass is 16.5. The van der Waals surface area contributed by atoms with Gasteiger partial charge < -0.3 is 19.9 Å². The number of ether oxygens (including phenoxy) is 3. The maximum atomic E-state index is 12.0. The molecule has 0 bridgehead atoms. The van der Waals surface area contributed by atoms with Gasteiger partial charge in [0.2, 0.25) is 0 Å². The van der Waals surface area contributed by atoms with Crippen LogP contribution in [0.4, 0.5) is 5.82 Å². The van der Waals surface area contributed by atoms with Gasteiger partial charge in [0.25, 0.3) is 0 Å². The summed E-state index contributed by atoms with van der Waals surface area (Å²) in [5.41, 5.74) is 9.22.